The molecule has 1 atom stereocenters. The minimum absolute atomic E-state index is 0.0480. The number of aromatic nitrogens is 6. The van der Waals surface area contributed by atoms with Gasteiger partial charge in [-0.2, -0.15) is 4.98 Å². The van der Waals surface area contributed by atoms with Crippen LogP contribution in [0.2, 0.25) is 0 Å². The van der Waals surface area contributed by atoms with Gasteiger partial charge in [0.15, 0.2) is 0 Å². The quantitative estimate of drug-likeness (QED) is 0.561. The Labute approximate surface area is 166 Å². The van der Waals surface area contributed by atoms with Crippen molar-refractivity contribution in [1.82, 2.24) is 33.9 Å². The van der Waals surface area contributed by atoms with Crippen LogP contribution in [0.1, 0.15) is 12.8 Å². The molecule has 1 fully saturated rings. The fourth-order valence-corrected chi connectivity index (χ4v) is 3.71. The van der Waals surface area contributed by atoms with E-state index in [-0.39, 0.29) is 11.9 Å². The number of nitrogens with zero attached hydrogens (tertiary/aromatic N) is 7. The van der Waals surface area contributed by atoms with Crippen LogP contribution in [0.3, 0.4) is 0 Å². The monoisotopic (exact) mass is 392 g/mol. The third kappa shape index (κ3) is 2.93. The number of likely N-dealkylation sites (tertiary alicyclic amines) is 1. The van der Waals surface area contributed by atoms with Crippen molar-refractivity contribution in [3.63, 3.8) is 0 Å². The molecule has 1 aliphatic heterocycles. The number of fused-ring (bicyclic) bond motifs is 2. The molecular formula is C19H20N8O2. The van der Waals surface area contributed by atoms with Gasteiger partial charge in [0.1, 0.15) is 11.6 Å². The minimum atomic E-state index is -0.334. The van der Waals surface area contributed by atoms with Crippen LogP contribution in [0.4, 0.5) is 5.95 Å². The lowest BCUT2D eigenvalue weighted by Crippen LogP contribution is -2.45. The number of anilines is 1. The number of nitrogens with one attached hydrogen (secondary N) is 1. The highest BCUT2D eigenvalue weighted by Gasteiger charge is 2.27. The molecule has 1 N–H and O–H groups in total. The Morgan fingerprint density at radius 2 is 2.17 bits per heavy atom. The van der Waals surface area contributed by atoms with Crippen LogP contribution in [0.25, 0.3) is 22.4 Å². The number of carbonyl (C=O) groups excluding carboxylic acids is 1. The van der Waals surface area contributed by atoms with Crippen molar-refractivity contribution in [2.75, 3.05) is 26.0 Å². The predicted octanol–water partition coefficient (Wildman–Crippen LogP) is 1.48. The summed E-state index contributed by atoms with van der Waals surface area (Å²) in [7, 11) is 3.38. The summed E-state index contributed by atoms with van der Waals surface area (Å²) in [6.07, 6.45) is 10.8. The highest BCUT2D eigenvalue weighted by molar-refractivity contribution is 5.86. The van der Waals surface area contributed by atoms with Gasteiger partial charge in [-0.25, -0.2) is 14.5 Å². The van der Waals surface area contributed by atoms with Gasteiger partial charge in [-0.1, -0.05) is 0 Å². The fraction of sp³-hybridized carbons (Fsp3) is 0.316. The molecule has 0 aliphatic carbocycles. The predicted molar refractivity (Wildman–Crippen MR) is 106 cm³/mol. The highest BCUT2D eigenvalue weighted by atomic mass is 16.5. The van der Waals surface area contributed by atoms with E-state index < -0.39 is 0 Å². The minimum Gasteiger partial charge on any atom is -0.479 e. The number of methoxy groups -OCH3 is 1. The maximum absolute atomic E-state index is 12.4. The third-order valence-corrected chi connectivity index (χ3v) is 5.19. The van der Waals surface area contributed by atoms with Gasteiger partial charge in [-0.3, -0.25) is 9.20 Å². The largest absolute Gasteiger partial charge is 0.479 e. The van der Waals surface area contributed by atoms with E-state index in [1.807, 2.05) is 36.1 Å². The fourth-order valence-electron chi connectivity index (χ4n) is 3.71. The second-order valence-electron chi connectivity index (χ2n) is 7.04. The first kappa shape index (κ1) is 17.4. The average Bonchev–Trinajstić information content (AvgIpc) is 3.37. The molecule has 4 aromatic rings. The lowest BCUT2D eigenvalue weighted by atomic mass is 10.1. The van der Waals surface area contributed by atoms with Gasteiger partial charge in [-0.05, 0) is 18.9 Å². The third-order valence-electron chi connectivity index (χ3n) is 5.19. The molecule has 29 heavy (non-hydrogen) atoms. The molecule has 0 bridgehead atoms. The zero-order valence-corrected chi connectivity index (χ0v) is 16.1. The number of carbonyl (C=O) groups is 1. The van der Waals surface area contributed by atoms with Crippen LogP contribution in [0.15, 0.2) is 37.1 Å². The summed E-state index contributed by atoms with van der Waals surface area (Å²) in [6, 6.07) is 1.61. The Morgan fingerprint density at radius 3 is 3.03 bits per heavy atom. The number of likely N-dealkylation sites (N-methyl/N-ethyl adjacent to an activating group) is 1. The Kier molecular flexibility index (Phi) is 4.04. The van der Waals surface area contributed by atoms with E-state index in [2.05, 4.69) is 25.4 Å². The number of imidazole rings is 1. The Hall–Kier alpha value is -3.69. The summed E-state index contributed by atoms with van der Waals surface area (Å²) in [5.41, 5.74) is 2.51. The van der Waals surface area contributed by atoms with Crippen LogP contribution < -0.4 is 10.1 Å². The van der Waals surface area contributed by atoms with Crippen LogP contribution in [0, 0.1) is 0 Å². The second kappa shape index (κ2) is 6.73. The van der Waals surface area contributed by atoms with Crippen molar-refractivity contribution < 1.29 is 9.53 Å². The van der Waals surface area contributed by atoms with Crippen molar-refractivity contribution in [1.29, 1.82) is 0 Å². The van der Waals surface area contributed by atoms with Gasteiger partial charge < -0.3 is 15.0 Å². The molecule has 10 heteroatoms. The topological polar surface area (TPSA) is 102 Å². The molecule has 1 saturated heterocycles. The van der Waals surface area contributed by atoms with E-state index in [0.29, 0.717) is 17.6 Å². The number of ether oxygens (including phenoxy) is 1. The zero-order chi connectivity index (χ0) is 20.0. The molecule has 148 valence electrons. The summed E-state index contributed by atoms with van der Waals surface area (Å²) < 4.78 is 9.11. The lowest BCUT2D eigenvalue weighted by Gasteiger charge is -2.29. The molecule has 0 saturated carbocycles. The Morgan fingerprint density at radius 1 is 1.28 bits per heavy atom. The van der Waals surface area contributed by atoms with Gasteiger partial charge >= 0.3 is 0 Å². The second-order valence-corrected chi connectivity index (χ2v) is 7.04. The van der Waals surface area contributed by atoms with E-state index in [9.17, 15) is 4.79 Å². The molecule has 4 aromatic heterocycles. The lowest BCUT2D eigenvalue weighted by molar-refractivity contribution is -0.132. The first-order valence-electron chi connectivity index (χ1n) is 9.38. The van der Waals surface area contributed by atoms with Crippen molar-refractivity contribution in [3.8, 4) is 17.0 Å². The zero-order valence-electron chi connectivity index (χ0n) is 16.1. The number of hydrogen-bond acceptors (Lipinski definition) is 7. The summed E-state index contributed by atoms with van der Waals surface area (Å²) in [5, 5.41) is 7.70. The molecule has 0 radical (unpaired) electrons. The SMILES string of the molecule is COc1nc(N[C@@H]2CCCN(C)C2=O)nn2ccc(-c3cnc4nccn4c3)c12. The standard InChI is InChI=1S/C19H20N8O2/c1-25-7-3-4-14(17(25)28)22-18-23-16(29-2)15-13(5-8-27(15)24-18)12-10-21-19-20-6-9-26(19)11-12/h5-6,8-11,14H,3-4,7H2,1-2H3,(H,22,24)/t14-/m1/s1. The molecule has 0 unspecified atom stereocenters. The number of piperidine rings is 1. The van der Waals surface area contributed by atoms with Gasteiger partial charge in [-0.15, -0.1) is 5.10 Å². The molecule has 5 heterocycles. The van der Waals surface area contributed by atoms with E-state index in [4.69, 9.17) is 4.74 Å². The molecular weight excluding hydrogens is 372 g/mol. The van der Waals surface area contributed by atoms with Crippen LogP contribution in [-0.2, 0) is 4.79 Å². The van der Waals surface area contributed by atoms with Crippen molar-refractivity contribution >= 4 is 23.1 Å². The van der Waals surface area contributed by atoms with Gasteiger partial charge in [0.2, 0.25) is 23.5 Å². The van der Waals surface area contributed by atoms with Crippen LogP contribution >= 0.6 is 0 Å². The maximum atomic E-state index is 12.4. The Bertz CT molecular complexity index is 1210. The normalized spacial score (nSPS) is 17.2. The van der Waals surface area contributed by atoms with E-state index >= 15 is 0 Å². The average molecular weight is 392 g/mol. The van der Waals surface area contributed by atoms with Gasteiger partial charge in [0.05, 0.1) is 7.11 Å². The molecule has 5 rings (SSSR count). The summed E-state index contributed by atoms with van der Waals surface area (Å²) >= 11 is 0. The number of rotatable bonds is 4. The smallest absolute Gasteiger partial charge is 0.244 e. The summed E-state index contributed by atoms with van der Waals surface area (Å²) in [5.74, 6) is 1.46. The molecule has 1 amide bonds. The van der Waals surface area contributed by atoms with E-state index in [1.54, 1.807) is 28.9 Å². The van der Waals surface area contributed by atoms with E-state index in [1.165, 1.54) is 0 Å². The van der Waals surface area contributed by atoms with Crippen molar-refractivity contribution in [3.05, 3.63) is 37.1 Å². The number of hydrogen-bond donors (Lipinski definition) is 1. The first-order chi connectivity index (χ1) is 14.1. The van der Waals surface area contributed by atoms with Crippen LogP contribution in [0.5, 0.6) is 5.88 Å². The number of amides is 1. The summed E-state index contributed by atoms with van der Waals surface area (Å²) in [4.78, 5) is 27.2. The van der Waals surface area contributed by atoms with Crippen molar-refractivity contribution in [2.24, 2.45) is 0 Å². The molecule has 0 aromatic carbocycles. The first-order valence-corrected chi connectivity index (χ1v) is 9.38. The molecule has 1 aliphatic rings. The summed E-state index contributed by atoms with van der Waals surface area (Å²) in [6.45, 7) is 0.774. The van der Waals surface area contributed by atoms with Gasteiger partial charge in [0.25, 0.3) is 0 Å². The molecule has 0 spiro atoms. The van der Waals surface area contributed by atoms with Crippen molar-refractivity contribution in [2.45, 2.75) is 18.9 Å². The van der Waals surface area contributed by atoms with Gasteiger partial charge in [0, 0.05) is 55.7 Å². The van der Waals surface area contributed by atoms with Crippen LogP contribution in [-0.4, -0.2) is 66.5 Å². The highest BCUT2D eigenvalue weighted by Crippen LogP contribution is 2.31. The Balaban J connectivity index is 1.54. The molecule has 10 nitrogen and oxygen atoms in total. The van der Waals surface area contributed by atoms with E-state index in [0.717, 1.165) is 36.0 Å². The maximum Gasteiger partial charge on any atom is 0.244 e.